The van der Waals surface area contributed by atoms with Crippen molar-refractivity contribution in [3.05, 3.63) is 42.0 Å². The molecule has 78 valence electrons. The molecule has 0 aliphatic carbocycles. The molecule has 0 aliphatic heterocycles. The molecule has 15 heavy (non-hydrogen) atoms. The Morgan fingerprint density at radius 3 is 2.67 bits per heavy atom. The van der Waals surface area contributed by atoms with Crippen LogP contribution in [0, 0.1) is 0 Å². The topological polar surface area (TPSA) is 46.2 Å². The van der Waals surface area contributed by atoms with Gasteiger partial charge < -0.3 is 10.8 Å². The molecular formula is C13H15NO. The van der Waals surface area contributed by atoms with Gasteiger partial charge in [-0.2, -0.15) is 0 Å². The SMILES string of the molecule is CC[C@H](N)c1c(O)ccc2ccccc12. The van der Waals surface area contributed by atoms with E-state index >= 15 is 0 Å². The lowest BCUT2D eigenvalue weighted by molar-refractivity contribution is 0.462. The third-order valence-corrected chi connectivity index (χ3v) is 2.76. The second-order valence-corrected chi connectivity index (χ2v) is 3.73. The molecule has 0 unspecified atom stereocenters. The van der Waals surface area contributed by atoms with Crippen LogP contribution in [0.25, 0.3) is 10.8 Å². The maximum absolute atomic E-state index is 9.83. The molecule has 0 amide bonds. The van der Waals surface area contributed by atoms with E-state index in [2.05, 4.69) is 0 Å². The van der Waals surface area contributed by atoms with Crippen LogP contribution < -0.4 is 5.73 Å². The molecule has 0 saturated heterocycles. The van der Waals surface area contributed by atoms with Gasteiger partial charge in [0.2, 0.25) is 0 Å². The first-order valence-electron chi connectivity index (χ1n) is 5.20. The maximum atomic E-state index is 9.83. The number of hydrogen-bond donors (Lipinski definition) is 2. The van der Waals surface area contributed by atoms with E-state index in [1.807, 2.05) is 37.3 Å². The highest BCUT2D eigenvalue weighted by atomic mass is 16.3. The molecule has 2 nitrogen and oxygen atoms in total. The van der Waals surface area contributed by atoms with E-state index in [-0.39, 0.29) is 6.04 Å². The monoisotopic (exact) mass is 201 g/mol. The second kappa shape index (κ2) is 3.91. The number of aromatic hydroxyl groups is 1. The maximum Gasteiger partial charge on any atom is 0.120 e. The van der Waals surface area contributed by atoms with Crippen molar-refractivity contribution in [1.29, 1.82) is 0 Å². The summed E-state index contributed by atoms with van der Waals surface area (Å²) in [6, 6.07) is 11.5. The van der Waals surface area contributed by atoms with Crippen molar-refractivity contribution in [2.75, 3.05) is 0 Å². The number of phenols is 1. The van der Waals surface area contributed by atoms with Crippen molar-refractivity contribution in [3.8, 4) is 5.75 Å². The molecule has 0 bridgehead atoms. The normalized spacial score (nSPS) is 12.9. The van der Waals surface area contributed by atoms with Crippen molar-refractivity contribution in [2.45, 2.75) is 19.4 Å². The standard InChI is InChI=1S/C13H15NO/c1-2-11(14)13-10-6-4-3-5-9(10)7-8-12(13)15/h3-8,11,15H,2,14H2,1H3/t11-/m0/s1. The number of phenolic OH excluding ortho intramolecular Hbond substituents is 1. The van der Waals surface area contributed by atoms with Gasteiger partial charge in [0.1, 0.15) is 5.75 Å². The molecule has 0 radical (unpaired) electrons. The van der Waals surface area contributed by atoms with Gasteiger partial charge in [0.25, 0.3) is 0 Å². The Bertz CT molecular complexity index is 479. The lowest BCUT2D eigenvalue weighted by Crippen LogP contribution is -2.09. The summed E-state index contributed by atoms with van der Waals surface area (Å²) >= 11 is 0. The van der Waals surface area contributed by atoms with Crippen molar-refractivity contribution in [1.82, 2.24) is 0 Å². The van der Waals surface area contributed by atoms with E-state index in [0.717, 1.165) is 22.8 Å². The van der Waals surface area contributed by atoms with Gasteiger partial charge in [-0.15, -0.1) is 0 Å². The number of hydrogen-bond acceptors (Lipinski definition) is 2. The molecule has 0 heterocycles. The van der Waals surface area contributed by atoms with E-state index in [4.69, 9.17) is 5.73 Å². The fraction of sp³-hybridized carbons (Fsp3) is 0.231. The van der Waals surface area contributed by atoms with Crippen molar-refractivity contribution in [3.63, 3.8) is 0 Å². The smallest absolute Gasteiger partial charge is 0.120 e. The van der Waals surface area contributed by atoms with Crippen LogP contribution in [0.5, 0.6) is 5.75 Å². The minimum absolute atomic E-state index is 0.101. The van der Waals surface area contributed by atoms with Gasteiger partial charge in [0.15, 0.2) is 0 Å². The predicted octanol–water partition coefficient (Wildman–Crippen LogP) is 2.96. The Hall–Kier alpha value is -1.54. The van der Waals surface area contributed by atoms with E-state index in [1.165, 1.54) is 0 Å². The zero-order valence-corrected chi connectivity index (χ0v) is 8.77. The lowest BCUT2D eigenvalue weighted by atomic mass is 9.97. The Labute approximate surface area is 89.3 Å². The average Bonchev–Trinajstić information content (AvgIpc) is 2.28. The fourth-order valence-electron chi connectivity index (χ4n) is 1.88. The molecule has 0 saturated carbocycles. The average molecular weight is 201 g/mol. The van der Waals surface area contributed by atoms with Crippen LogP contribution in [-0.4, -0.2) is 5.11 Å². The van der Waals surface area contributed by atoms with Crippen LogP contribution in [0.15, 0.2) is 36.4 Å². The Morgan fingerprint density at radius 2 is 1.93 bits per heavy atom. The van der Waals surface area contributed by atoms with Crippen molar-refractivity contribution in [2.24, 2.45) is 5.73 Å². The Morgan fingerprint density at radius 1 is 1.20 bits per heavy atom. The third-order valence-electron chi connectivity index (χ3n) is 2.76. The zero-order valence-electron chi connectivity index (χ0n) is 8.77. The quantitative estimate of drug-likeness (QED) is 0.784. The van der Waals surface area contributed by atoms with Gasteiger partial charge in [-0.25, -0.2) is 0 Å². The van der Waals surface area contributed by atoms with Gasteiger partial charge in [0, 0.05) is 11.6 Å². The Kier molecular flexibility index (Phi) is 2.60. The van der Waals surface area contributed by atoms with Crippen LogP contribution in [0.4, 0.5) is 0 Å². The fourth-order valence-corrected chi connectivity index (χ4v) is 1.88. The summed E-state index contributed by atoms with van der Waals surface area (Å²) in [6.07, 6.45) is 0.821. The summed E-state index contributed by atoms with van der Waals surface area (Å²) in [6.45, 7) is 2.02. The first-order valence-corrected chi connectivity index (χ1v) is 5.20. The largest absolute Gasteiger partial charge is 0.508 e. The minimum atomic E-state index is -0.101. The van der Waals surface area contributed by atoms with Gasteiger partial charge >= 0.3 is 0 Å². The first-order chi connectivity index (χ1) is 7.24. The summed E-state index contributed by atoms with van der Waals surface area (Å²) in [5.41, 5.74) is 6.86. The zero-order chi connectivity index (χ0) is 10.8. The third kappa shape index (κ3) is 1.68. The van der Waals surface area contributed by atoms with E-state index in [9.17, 15) is 5.11 Å². The van der Waals surface area contributed by atoms with E-state index < -0.39 is 0 Å². The van der Waals surface area contributed by atoms with Crippen LogP contribution in [0.1, 0.15) is 24.9 Å². The summed E-state index contributed by atoms with van der Waals surface area (Å²) in [4.78, 5) is 0. The molecule has 1 atom stereocenters. The number of nitrogens with two attached hydrogens (primary N) is 1. The van der Waals surface area contributed by atoms with Gasteiger partial charge in [-0.1, -0.05) is 37.3 Å². The molecule has 2 aromatic carbocycles. The molecule has 0 aromatic heterocycles. The molecule has 0 fully saturated rings. The molecule has 0 spiro atoms. The van der Waals surface area contributed by atoms with Crippen LogP contribution in [0.2, 0.25) is 0 Å². The highest BCUT2D eigenvalue weighted by molar-refractivity contribution is 5.88. The van der Waals surface area contributed by atoms with Crippen LogP contribution >= 0.6 is 0 Å². The van der Waals surface area contributed by atoms with Gasteiger partial charge in [-0.05, 0) is 23.3 Å². The molecule has 3 N–H and O–H groups in total. The van der Waals surface area contributed by atoms with Gasteiger partial charge in [-0.3, -0.25) is 0 Å². The van der Waals surface area contributed by atoms with Crippen LogP contribution in [0.3, 0.4) is 0 Å². The molecule has 0 aliphatic rings. The highest BCUT2D eigenvalue weighted by Crippen LogP contribution is 2.32. The first kappa shape index (κ1) is 9.99. The number of rotatable bonds is 2. The summed E-state index contributed by atoms with van der Waals surface area (Å²) < 4.78 is 0. The molecule has 2 aromatic rings. The Balaban J connectivity index is 2.74. The summed E-state index contributed by atoms with van der Waals surface area (Å²) in [5, 5.41) is 12.0. The van der Waals surface area contributed by atoms with Crippen molar-refractivity contribution < 1.29 is 5.11 Å². The molecular weight excluding hydrogens is 186 g/mol. The number of benzene rings is 2. The van der Waals surface area contributed by atoms with Crippen LogP contribution in [-0.2, 0) is 0 Å². The van der Waals surface area contributed by atoms with Crippen molar-refractivity contribution >= 4 is 10.8 Å². The van der Waals surface area contributed by atoms with E-state index in [1.54, 1.807) is 6.07 Å². The molecule has 2 heteroatoms. The summed E-state index contributed by atoms with van der Waals surface area (Å²) in [5.74, 6) is 0.294. The highest BCUT2D eigenvalue weighted by Gasteiger charge is 2.12. The predicted molar refractivity (Wildman–Crippen MR) is 62.8 cm³/mol. The van der Waals surface area contributed by atoms with Gasteiger partial charge in [0.05, 0.1) is 0 Å². The molecule has 2 rings (SSSR count). The summed E-state index contributed by atoms with van der Waals surface area (Å²) in [7, 11) is 0. The minimum Gasteiger partial charge on any atom is -0.508 e. The van der Waals surface area contributed by atoms with E-state index in [0.29, 0.717) is 5.75 Å². The second-order valence-electron chi connectivity index (χ2n) is 3.73. The lowest BCUT2D eigenvalue weighted by Gasteiger charge is -2.14. The number of fused-ring (bicyclic) bond motifs is 1.